The number of carbonyl (C=O) groups excluding carboxylic acids is 1. The molecule has 2 saturated heterocycles. The van der Waals surface area contributed by atoms with Crippen LogP contribution in [0.2, 0.25) is 0 Å². The van der Waals surface area contributed by atoms with Gasteiger partial charge in [-0.15, -0.1) is 0 Å². The maximum atomic E-state index is 13.9. The Balaban J connectivity index is 1.85. The van der Waals surface area contributed by atoms with E-state index >= 15 is 0 Å². The number of rotatable bonds is 2. The first kappa shape index (κ1) is 14.9. The van der Waals surface area contributed by atoms with Gasteiger partial charge < -0.3 is 14.4 Å². The number of hydrogen-bond donors (Lipinski definition) is 0. The van der Waals surface area contributed by atoms with Gasteiger partial charge in [0.05, 0.1) is 24.8 Å². The van der Waals surface area contributed by atoms with Crippen molar-refractivity contribution in [2.24, 2.45) is 0 Å². The Morgan fingerprint density at radius 3 is 2.81 bits per heavy atom. The smallest absolute Gasteiger partial charge is 0.257 e. The first-order valence-corrected chi connectivity index (χ1v) is 7.95. The summed E-state index contributed by atoms with van der Waals surface area (Å²) in [4.78, 5) is 14.4. The zero-order valence-electron chi connectivity index (χ0n) is 11.6. The third-order valence-electron chi connectivity index (χ3n) is 3.93. The molecule has 2 aliphatic rings. The highest BCUT2D eigenvalue weighted by molar-refractivity contribution is 9.10. The van der Waals surface area contributed by atoms with Crippen LogP contribution >= 0.6 is 15.9 Å². The van der Waals surface area contributed by atoms with E-state index in [-0.39, 0.29) is 23.8 Å². The average Bonchev–Trinajstić information content (AvgIpc) is 3.03. The molecule has 0 aromatic heterocycles. The summed E-state index contributed by atoms with van der Waals surface area (Å²) < 4.78 is 25.7. The summed E-state index contributed by atoms with van der Waals surface area (Å²) in [5.41, 5.74) is 0.0919. The van der Waals surface area contributed by atoms with Crippen LogP contribution in [0.1, 0.15) is 29.6 Å². The van der Waals surface area contributed by atoms with Gasteiger partial charge in [0.25, 0.3) is 5.91 Å². The predicted molar refractivity (Wildman–Crippen MR) is 78.5 cm³/mol. The van der Waals surface area contributed by atoms with E-state index in [1.54, 1.807) is 11.0 Å². The largest absolute Gasteiger partial charge is 0.348 e. The lowest BCUT2D eigenvalue weighted by Gasteiger charge is -2.38. The number of hydrogen-bond acceptors (Lipinski definition) is 3. The molecule has 0 radical (unpaired) electrons. The number of carbonyl (C=O) groups is 1. The van der Waals surface area contributed by atoms with E-state index in [1.165, 1.54) is 12.1 Å². The molecule has 2 fully saturated rings. The van der Waals surface area contributed by atoms with Gasteiger partial charge in [0, 0.05) is 11.0 Å². The van der Waals surface area contributed by atoms with Gasteiger partial charge in [-0.25, -0.2) is 4.39 Å². The van der Waals surface area contributed by atoms with Crippen molar-refractivity contribution in [3.63, 3.8) is 0 Å². The van der Waals surface area contributed by atoms with E-state index in [4.69, 9.17) is 9.47 Å². The number of halogens is 2. The van der Waals surface area contributed by atoms with Crippen LogP contribution in [0.5, 0.6) is 0 Å². The maximum absolute atomic E-state index is 13.9. The van der Waals surface area contributed by atoms with Crippen molar-refractivity contribution in [1.82, 2.24) is 4.90 Å². The predicted octanol–water partition coefficient (Wildman–Crippen LogP) is 2.96. The van der Waals surface area contributed by atoms with Gasteiger partial charge in [-0.1, -0.05) is 15.9 Å². The highest BCUT2D eigenvalue weighted by Crippen LogP contribution is 2.27. The van der Waals surface area contributed by atoms with Gasteiger partial charge >= 0.3 is 0 Å². The molecule has 6 heteroatoms. The van der Waals surface area contributed by atoms with Crippen molar-refractivity contribution in [1.29, 1.82) is 0 Å². The topological polar surface area (TPSA) is 38.8 Å². The second-order valence-corrected chi connectivity index (χ2v) is 6.21. The van der Waals surface area contributed by atoms with Crippen LogP contribution in [-0.4, -0.2) is 42.9 Å². The van der Waals surface area contributed by atoms with Gasteiger partial charge in [-0.2, -0.15) is 0 Å². The number of benzene rings is 1. The lowest BCUT2D eigenvalue weighted by molar-refractivity contribution is -0.100. The average molecular weight is 358 g/mol. The highest BCUT2D eigenvalue weighted by atomic mass is 79.9. The van der Waals surface area contributed by atoms with Crippen LogP contribution in [-0.2, 0) is 9.47 Å². The van der Waals surface area contributed by atoms with Crippen LogP contribution in [0.15, 0.2) is 22.7 Å². The zero-order valence-corrected chi connectivity index (χ0v) is 13.1. The van der Waals surface area contributed by atoms with Gasteiger partial charge in [-0.3, -0.25) is 4.79 Å². The lowest BCUT2D eigenvalue weighted by Crippen LogP contribution is -2.50. The van der Waals surface area contributed by atoms with E-state index in [2.05, 4.69) is 15.9 Å². The fourth-order valence-corrected chi connectivity index (χ4v) is 3.27. The SMILES string of the molecule is O=C(c1cc(Br)ccc1F)N1CCCC[C@H]1C1OCCO1. The summed E-state index contributed by atoms with van der Waals surface area (Å²) in [5, 5.41) is 0. The van der Waals surface area contributed by atoms with Gasteiger partial charge in [0.2, 0.25) is 0 Å². The molecule has 3 rings (SSSR count). The van der Waals surface area contributed by atoms with E-state index in [9.17, 15) is 9.18 Å². The first-order chi connectivity index (χ1) is 10.2. The molecule has 2 heterocycles. The molecule has 4 nitrogen and oxygen atoms in total. The van der Waals surface area contributed by atoms with E-state index in [0.717, 1.165) is 19.3 Å². The molecule has 0 bridgehead atoms. The number of nitrogens with zero attached hydrogens (tertiary/aromatic N) is 1. The molecule has 1 aromatic carbocycles. The van der Waals surface area contributed by atoms with Crippen LogP contribution in [0.25, 0.3) is 0 Å². The molecule has 21 heavy (non-hydrogen) atoms. The summed E-state index contributed by atoms with van der Waals surface area (Å²) in [5.74, 6) is -0.793. The summed E-state index contributed by atoms with van der Waals surface area (Å²) in [7, 11) is 0. The Morgan fingerprint density at radius 1 is 1.29 bits per heavy atom. The third-order valence-corrected chi connectivity index (χ3v) is 4.42. The molecule has 0 saturated carbocycles. The van der Waals surface area contributed by atoms with Crippen molar-refractivity contribution >= 4 is 21.8 Å². The van der Waals surface area contributed by atoms with Gasteiger partial charge in [-0.05, 0) is 37.5 Å². The minimum atomic E-state index is -0.499. The fraction of sp³-hybridized carbons (Fsp3) is 0.533. The van der Waals surface area contributed by atoms with Gasteiger partial charge in [0.1, 0.15) is 5.82 Å². The molecule has 114 valence electrons. The summed E-state index contributed by atoms with van der Waals surface area (Å²) in [6.45, 7) is 1.71. The second kappa shape index (κ2) is 6.42. The molecule has 0 spiro atoms. The maximum Gasteiger partial charge on any atom is 0.257 e. The Labute approximate surface area is 131 Å². The number of amides is 1. The molecule has 2 aliphatic heterocycles. The minimum Gasteiger partial charge on any atom is -0.348 e. The molecular formula is C15H17BrFNO3. The quantitative estimate of drug-likeness (QED) is 0.816. The van der Waals surface area contributed by atoms with Crippen LogP contribution in [0.4, 0.5) is 4.39 Å². The van der Waals surface area contributed by atoms with Crippen molar-refractivity contribution in [2.45, 2.75) is 31.6 Å². The molecule has 0 N–H and O–H groups in total. The fourth-order valence-electron chi connectivity index (χ4n) is 2.91. The monoisotopic (exact) mass is 357 g/mol. The molecule has 0 unspecified atom stereocenters. The van der Waals surface area contributed by atoms with Gasteiger partial charge in [0.15, 0.2) is 6.29 Å². The van der Waals surface area contributed by atoms with E-state index < -0.39 is 5.82 Å². The van der Waals surface area contributed by atoms with Crippen LogP contribution in [0.3, 0.4) is 0 Å². The van der Waals surface area contributed by atoms with Crippen molar-refractivity contribution in [2.75, 3.05) is 19.8 Å². The second-order valence-electron chi connectivity index (χ2n) is 5.30. The Kier molecular flexibility index (Phi) is 4.57. The number of ether oxygens (including phenoxy) is 2. The van der Waals surface area contributed by atoms with E-state index in [1.807, 2.05) is 0 Å². The zero-order chi connectivity index (χ0) is 14.8. The summed E-state index contributed by atoms with van der Waals surface area (Å²) in [6.07, 6.45) is 2.39. The third kappa shape index (κ3) is 3.12. The molecule has 1 aromatic rings. The van der Waals surface area contributed by atoms with Crippen molar-refractivity contribution < 1.29 is 18.7 Å². The highest BCUT2D eigenvalue weighted by Gasteiger charge is 2.37. The van der Waals surface area contributed by atoms with Crippen molar-refractivity contribution in [3.8, 4) is 0 Å². The summed E-state index contributed by atoms with van der Waals surface area (Å²) in [6, 6.07) is 4.29. The lowest BCUT2D eigenvalue weighted by atomic mass is 10.00. The standard InChI is InChI=1S/C15H17BrFNO3/c16-10-4-5-12(17)11(9-10)14(19)18-6-2-1-3-13(18)15-20-7-8-21-15/h4-5,9,13,15H,1-3,6-8H2/t13-/m0/s1. The molecule has 0 aliphatic carbocycles. The minimum absolute atomic E-state index is 0.0919. The molecular weight excluding hydrogens is 341 g/mol. The molecule has 1 atom stereocenters. The molecule has 1 amide bonds. The Hall–Kier alpha value is -0.980. The number of piperidine rings is 1. The van der Waals surface area contributed by atoms with E-state index in [0.29, 0.717) is 24.2 Å². The Bertz CT molecular complexity index is 534. The van der Waals surface area contributed by atoms with Crippen molar-refractivity contribution in [3.05, 3.63) is 34.1 Å². The summed E-state index contributed by atoms with van der Waals surface area (Å²) >= 11 is 3.28. The normalized spacial score (nSPS) is 23.5. The van der Waals surface area contributed by atoms with Crippen LogP contribution in [0, 0.1) is 5.82 Å². The first-order valence-electron chi connectivity index (χ1n) is 7.16. The van der Waals surface area contributed by atoms with Crippen LogP contribution < -0.4 is 0 Å². The Morgan fingerprint density at radius 2 is 2.05 bits per heavy atom. The number of likely N-dealkylation sites (tertiary alicyclic amines) is 1.